The van der Waals surface area contributed by atoms with Crippen molar-refractivity contribution >= 4 is 58.3 Å². The van der Waals surface area contributed by atoms with E-state index < -0.39 is 5.97 Å². The number of aromatic carboxylic acids is 1. The first-order chi connectivity index (χ1) is 13.6. The fraction of sp³-hybridized carbons (Fsp3) is 0.294. The van der Waals surface area contributed by atoms with Crippen LogP contribution in [0.1, 0.15) is 28.1 Å². The van der Waals surface area contributed by atoms with Gasteiger partial charge in [-0.25, -0.2) is 25.3 Å². The summed E-state index contributed by atoms with van der Waals surface area (Å²) >= 11 is 22.2. The number of rotatable bonds is 4. The van der Waals surface area contributed by atoms with Crippen LogP contribution < -0.4 is 5.48 Å². The molecule has 30 heavy (non-hydrogen) atoms. The number of carbonyl (C=O) groups is 2. The molecule has 0 saturated heterocycles. The summed E-state index contributed by atoms with van der Waals surface area (Å²) < 4.78 is 0. The minimum Gasteiger partial charge on any atom is -0.478 e. The SMILES string of the molecule is C.CNOC.CON(C)C(=O)c1cnc(Cl)c(Cl)c1.O=C(O)c1cnc(Cl)c(Cl)c1. The highest BCUT2D eigenvalue weighted by Crippen LogP contribution is 2.20. The van der Waals surface area contributed by atoms with Crippen LogP contribution in [-0.2, 0) is 9.68 Å². The number of carboxylic acid groups (broad SMARTS) is 1. The fourth-order valence-corrected chi connectivity index (χ4v) is 1.88. The first-order valence-electron chi connectivity index (χ1n) is 7.46. The Balaban J connectivity index is 0. The number of amides is 1. The van der Waals surface area contributed by atoms with E-state index >= 15 is 0 Å². The minimum absolute atomic E-state index is 0. The molecular formula is C17H22Cl4N4O5. The Hall–Kier alpha value is -1.72. The van der Waals surface area contributed by atoms with Crippen molar-refractivity contribution in [1.82, 2.24) is 20.5 Å². The van der Waals surface area contributed by atoms with Crippen LogP contribution in [0.25, 0.3) is 0 Å². The van der Waals surface area contributed by atoms with Crippen LogP contribution in [0.3, 0.4) is 0 Å². The average molecular weight is 504 g/mol. The van der Waals surface area contributed by atoms with Crippen molar-refractivity contribution in [2.75, 3.05) is 28.3 Å². The number of hydrogen-bond acceptors (Lipinski definition) is 7. The molecule has 0 atom stereocenters. The summed E-state index contributed by atoms with van der Waals surface area (Å²) in [4.78, 5) is 38.1. The Bertz CT molecular complexity index is 825. The van der Waals surface area contributed by atoms with Crippen molar-refractivity contribution in [3.8, 4) is 0 Å². The van der Waals surface area contributed by atoms with Crippen molar-refractivity contribution in [1.29, 1.82) is 0 Å². The molecule has 0 aliphatic rings. The van der Waals surface area contributed by atoms with Crippen molar-refractivity contribution < 1.29 is 24.4 Å². The molecule has 0 bridgehead atoms. The second-order valence-corrected chi connectivity index (χ2v) is 6.22. The molecule has 0 spiro atoms. The van der Waals surface area contributed by atoms with E-state index in [1.165, 1.54) is 32.5 Å². The summed E-state index contributed by atoms with van der Waals surface area (Å²) in [5, 5.41) is 10.2. The minimum atomic E-state index is -1.07. The van der Waals surface area contributed by atoms with Gasteiger partial charge < -0.3 is 9.94 Å². The van der Waals surface area contributed by atoms with Crippen LogP contribution in [-0.4, -0.2) is 60.3 Å². The Morgan fingerprint density at radius 2 is 1.40 bits per heavy atom. The second kappa shape index (κ2) is 16.0. The van der Waals surface area contributed by atoms with Crippen LogP contribution >= 0.6 is 46.4 Å². The number of hydroxylamine groups is 3. The highest BCUT2D eigenvalue weighted by atomic mass is 35.5. The molecule has 13 heteroatoms. The number of hydrogen-bond donors (Lipinski definition) is 2. The Morgan fingerprint density at radius 1 is 1.00 bits per heavy atom. The molecule has 2 N–H and O–H groups in total. The van der Waals surface area contributed by atoms with Gasteiger partial charge in [0, 0.05) is 26.5 Å². The number of nitrogens with zero attached hydrogens (tertiary/aromatic N) is 3. The normalized spacial score (nSPS) is 9.20. The van der Waals surface area contributed by atoms with Gasteiger partial charge in [-0.15, -0.1) is 0 Å². The van der Waals surface area contributed by atoms with E-state index in [0.29, 0.717) is 5.56 Å². The highest BCUT2D eigenvalue weighted by Gasteiger charge is 2.13. The average Bonchev–Trinajstić information content (AvgIpc) is 2.71. The summed E-state index contributed by atoms with van der Waals surface area (Å²) in [6.07, 6.45) is 2.49. The van der Waals surface area contributed by atoms with Crippen LogP contribution in [0.4, 0.5) is 0 Å². The largest absolute Gasteiger partial charge is 0.478 e. The number of halogens is 4. The predicted octanol–water partition coefficient (Wildman–Crippen LogP) is 4.51. The second-order valence-electron chi connectivity index (χ2n) is 4.69. The van der Waals surface area contributed by atoms with Gasteiger partial charge in [-0.3, -0.25) is 9.63 Å². The molecule has 168 valence electrons. The van der Waals surface area contributed by atoms with Gasteiger partial charge in [0.1, 0.15) is 10.3 Å². The number of carbonyl (C=O) groups excluding carboxylic acids is 1. The van der Waals surface area contributed by atoms with E-state index in [9.17, 15) is 9.59 Å². The summed E-state index contributed by atoms with van der Waals surface area (Å²) in [6.45, 7) is 0. The maximum atomic E-state index is 11.5. The zero-order valence-electron chi connectivity index (χ0n) is 15.7. The molecule has 0 saturated carbocycles. The maximum Gasteiger partial charge on any atom is 0.337 e. The molecule has 2 heterocycles. The number of carboxylic acids is 1. The maximum absolute atomic E-state index is 11.5. The van der Waals surface area contributed by atoms with E-state index in [4.69, 9.17) is 56.3 Å². The number of nitrogens with one attached hydrogen (secondary N) is 1. The van der Waals surface area contributed by atoms with Crippen molar-refractivity contribution in [2.45, 2.75) is 7.43 Å². The van der Waals surface area contributed by atoms with Crippen LogP contribution in [0.2, 0.25) is 20.4 Å². The van der Waals surface area contributed by atoms with Crippen LogP contribution in [0.5, 0.6) is 0 Å². The third kappa shape index (κ3) is 10.9. The summed E-state index contributed by atoms with van der Waals surface area (Å²) in [6, 6.07) is 2.69. The predicted molar refractivity (Wildman–Crippen MR) is 117 cm³/mol. The molecule has 2 rings (SSSR count). The van der Waals surface area contributed by atoms with Crippen molar-refractivity contribution in [3.63, 3.8) is 0 Å². The smallest absolute Gasteiger partial charge is 0.337 e. The molecule has 0 aromatic carbocycles. The van der Waals surface area contributed by atoms with Gasteiger partial charge in [-0.05, 0) is 12.1 Å². The first-order valence-corrected chi connectivity index (χ1v) is 8.97. The van der Waals surface area contributed by atoms with E-state index in [1.54, 1.807) is 14.2 Å². The summed E-state index contributed by atoms with van der Waals surface area (Å²) in [5.41, 5.74) is 2.78. The van der Waals surface area contributed by atoms with Crippen molar-refractivity contribution in [2.24, 2.45) is 0 Å². The lowest BCUT2D eigenvalue weighted by molar-refractivity contribution is -0.0757. The van der Waals surface area contributed by atoms with Crippen molar-refractivity contribution in [3.05, 3.63) is 56.0 Å². The van der Waals surface area contributed by atoms with Crippen LogP contribution in [0.15, 0.2) is 24.5 Å². The lowest BCUT2D eigenvalue weighted by atomic mass is 10.3. The van der Waals surface area contributed by atoms with Gasteiger partial charge in [0.15, 0.2) is 0 Å². The van der Waals surface area contributed by atoms with Gasteiger partial charge in [0.05, 0.1) is 35.4 Å². The monoisotopic (exact) mass is 502 g/mol. The molecule has 0 radical (unpaired) electrons. The first kappa shape index (κ1) is 30.5. The van der Waals surface area contributed by atoms with E-state index in [0.717, 1.165) is 11.3 Å². The Morgan fingerprint density at radius 3 is 1.73 bits per heavy atom. The molecule has 0 aliphatic heterocycles. The lowest BCUT2D eigenvalue weighted by Gasteiger charge is -2.13. The Kier molecular flexibility index (Phi) is 16.3. The quantitative estimate of drug-likeness (QED) is 0.462. The van der Waals surface area contributed by atoms with Gasteiger partial charge in [0.25, 0.3) is 5.91 Å². The highest BCUT2D eigenvalue weighted by molar-refractivity contribution is 6.41. The Labute approximate surface area is 194 Å². The van der Waals surface area contributed by atoms with Gasteiger partial charge in [0.2, 0.25) is 0 Å². The molecule has 0 unspecified atom stereocenters. The standard InChI is InChI=1S/C8H8Cl2N2O2.C6H3Cl2NO2.C2H7NO.CH4/c1-12(14-2)8(13)5-3-6(9)7(10)11-4-5;7-4-1-3(6(10)11)2-9-5(4)8;1-3-4-2;/h3-4H,1-2H3;1-2H,(H,10,11);3H,1-2H3;1H4. The summed E-state index contributed by atoms with van der Waals surface area (Å²) in [7, 11) is 6.16. The lowest BCUT2D eigenvalue weighted by Crippen LogP contribution is -2.25. The zero-order chi connectivity index (χ0) is 22.6. The number of pyridine rings is 2. The third-order valence-corrected chi connectivity index (χ3v) is 4.22. The van der Waals surface area contributed by atoms with Crippen LogP contribution in [0, 0.1) is 0 Å². The van der Waals surface area contributed by atoms with Gasteiger partial charge in [-0.1, -0.05) is 53.8 Å². The molecule has 2 aromatic heterocycles. The molecule has 9 nitrogen and oxygen atoms in total. The topological polar surface area (TPSA) is 114 Å². The van der Waals surface area contributed by atoms with Gasteiger partial charge >= 0.3 is 5.97 Å². The molecule has 0 aliphatic carbocycles. The van der Waals surface area contributed by atoms with E-state index in [-0.39, 0.29) is 39.2 Å². The van der Waals surface area contributed by atoms with E-state index in [2.05, 4.69) is 20.3 Å². The number of aromatic nitrogens is 2. The molecule has 2 aromatic rings. The third-order valence-electron chi connectivity index (χ3n) is 2.85. The molecule has 1 amide bonds. The molecule has 0 fully saturated rings. The fourth-order valence-electron chi connectivity index (χ4n) is 1.34. The van der Waals surface area contributed by atoms with Gasteiger partial charge in [-0.2, -0.15) is 0 Å². The molecular weight excluding hydrogens is 482 g/mol. The zero-order valence-corrected chi connectivity index (χ0v) is 18.8. The summed E-state index contributed by atoms with van der Waals surface area (Å²) in [5.74, 6) is -1.41. The van der Waals surface area contributed by atoms with E-state index in [1.807, 2.05) is 0 Å².